The number of rotatable bonds is 3. The molecule has 0 saturated carbocycles. The van der Waals surface area contributed by atoms with Crippen LogP contribution in [0.5, 0.6) is 11.5 Å². The van der Waals surface area contributed by atoms with E-state index in [4.69, 9.17) is 8.83 Å². The molecule has 4 aromatic rings. The van der Waals surface area contributed by atoms with Crippen molar-refractivity contribution in [3.8, 4) is 11.5 Å². The lowest BCUT2D eigenvalue weighted by Gasteiger charge is -2.22. The summed E-state index contributed by atoms with van der Waals surface area (Å²) < 4.78 is 10.8. The maximum absolute atomic E-state index is 12.9. The molecule has 2 heterocycles. The van der Waals surface area contributed by atoms with Crippen LogP contribution in [0.3, 0.4) is 0 Å². The van der Waals surface area contributed by atoms with Gasteiger partial charge < -0.3 is 19.0 Å². The summed E-state index contributed by atoms with van der Waals surface area (Å²) in [4.78, 5) is 25.8. The number of para-hydroxylation sites is 2. The van der Waals surface area contributed by atoms with Crippen molar-refractivity contribution in [2.24, 2.45) is 5.92 Å². The average molecular weight is 400 g/mol. The standard InChI is InChI=1S/C24H16O6/c25-21-14-9-3-5-11-16(14)29-23(27)19(21)18(13-7-1-2-8-13)20-22(26)15-10-4-6-12-17(15)30-24(20)28/h1-13,18,25-26H. The first-order chi connectivity index (χ1) is 14.6. The molecular weight excluding hydrogens is 384 g/mol. The van der Waals surface area contributed by atoms with Gasteiger partial charge in [0.25, 0.3) is 0 Å². The van der Waals surface area contributed by atoms with Crippen molar-refractivity contribution in [1.29, 1.82) is 0 Å². The summed E-state index contributed by atoms with van der Waals surface area (Å²) in [5.74, 6) is -2.03. The van der Waals surface area contributed by atoms with Crippen LogP contribution in [0.2, 0.25) is 0 Å². The second kappa shape index (κ2) is 6.77. The monoisotopic (exact) mass is 400 g/mol. The zero-order chi connectivity index (χ0) is 20.8. The molecular formula is C24H16O6. The minimum atomic E-state index is -0.998. The molecule has 0 fully saturated rings. The Labute approximate surface area is 169 Å². The predicted molar refractivity (Wildman–Crippen MR) is 112 cm³/mol. The highest BCUT2D eigenvalue weighted by atomic mass is 16.4. The predicted octanol–water partition coefficient (Wildman–Crippen LogP) is 4.18. The van der Waals surface area contributed by atoms with E-state index in [2.05, 4.69) is 0 Å². The summed E-state index contributed by atoms with van der Waals surface area (Å²) in [6.07, 6.45) is 7.12. The molecule has 5 rings (SSSR count). The molecule has 0 atom stereocenters. The van der Waals surface area contributed by atoms with Gasteiger partial charge in [-0.15, -0.1) is 0 Å². The summed E-state index contributed by atoms with van der Waals surface area (Å²) in [5.41, 5.74) is -1.31. The topological polar surface area (TPSA) is 101 Å². The first-order valence-corrected chi connectivity index (χ1v) is 9.40. The molecule has 6 heteroatoms. The lowest BCUT2D eigenvalue weighted by Crippen LogP contribution is -2.24. The average Bonchev–Trinajstić information content (AvgIpc) is 3.27. The van der Waals surface area contributed by atoms with Crippen LogP contribution in [0.25, 0.3) is 21.9 Å². The van der Waals surface area contributed by atoms with E-state index >= 15 is 0 Å². The molecule has 0 radical (unpaired) electrons. The molecule has 2 aromatic carbocycles. The molecule has 6 nitrogen and oxygen atoms in total. The van der Waals surface area contributed by atoms with E-state index < -0.39 is 23.1 Å². The van der Waals surface area contributed by atoms with Crippen LogP contribution < -0.4 is 11.3 Å². The number of hydrogen-bond acceptors (Lipinski definition) is 6. The van der Waals surface area contributed by atoms with Crippen LogP contribution in [0, 0.1) is 5.92 Å². The van der Waals surface area contributed by atoms with Crippen molar-refractivity contribution in [2.45, 2.75) is 5.92 Å². The van der Waals surface area contributed by atoms with Crippen molar-refractivity contribution in [1.82, 2.24) is 0 Å². The van der Waals surface area contributed by atoms with Crippen LogP contribution in [-0.4, -0.2) is 10.2 Å². The largest absolute Gasteiger partial charge is 0.507 e. The SMILES string of the molecule is O=c1oc2ccccc2c(O)c1C(c1c(O)c2ccccc2oc1=O)C1C=CC=C1. The molecule has 0 unspecified atom stereocenters. The minimum absolute atomic E-state index is 0.104. The molecule has 0 aliphatic heterocycles. The maximum Gasteiger partial charge on any atom is 0.343 e. The zero-order valence-corrected chi connectivity index (χ0v) is 15.6. The highest BCUT2D eigenvalue weighted by Gasteiger charge is 2.35. The number of benzene rings is 2. The van der Waals surface area contributed by atoms with Crippen molar-refractivity contribution >= 4 is 21.9 Å². The van der Waals surface area contributed by atoms with Crippen molar-refractivity contribution in [2.75, 3.05) is 0 Å². The van der Waals surface area contributed by atoms with Crippen molar-refractivity contribution in [3.63, 3.8) is 0 Å². The lowest BCUT2D eigenvalue weighted by molar-refractivity contribution is 0.426. The second-order valence-electron chi connectivity index (χ2n) is 7.12. The first-order valence-electron chi connectivity index (χ1n) is 9.40. The smallest absolute Gasteiger partial charge is 0.343 e. The molecule has 0 amide bonds. The van der Waals surface area contributed by atoms with E-state index in [-0.39, 0.29) is 33.8 Å². The first kappa shape index (κ1) is 18.0. The van der Waals surface area contributed by atoms with Crippen LogP contribution in [0.15, 0.2) is 91.3 Å². The van der Waals surface area contributed by atoms with E-state index in [0.29, 0.717) is 10.8 Å². The molecule has 0 spiro atoms. The molecule has 0 bridgehead atoms. The van der Waals surface area contributed by atoms with Gasteiger partial charge >= 0.3 is 11.3 Å². The minimum Gasteiger partial charge on any atom is -0.507 e. The van der Waals surface area contributed by atoms with E-state index in [1.54, 1.807) is 72.8 Å². The van der Waals surface area contributed by atoms with E-state index in [1.165, 1.54) is 0 Å². The Balaban J connectivity index is 1.87. The summed E-state index contributed by atoms with van der Waals surface area (Å²) in [5, 5.41) is 22.7. The van der Waals surface area contributed by atoms with Gasteiger partial charge in [0.05, 0.1) is 21.9 Å². The third-order valence-electron chi connectivity index (χ3n) is 5.42. The van der Waals surface area contributed by atoms with Crippen LogP contribution >= 0.6 is 0 Å². The van der Waals surface area contributed by atoms with Gasteiger partial charge in [-0.05, 0) is 24.3 Å². The highest BCUT2D eigenvalue weighted by Crippen LogP contribution is 2.43. The Morgan fingerprint density at radius 3 is 1.60 bits per heavy atom. The highest BCUT2D eigenvalue weighted by molar-refractivity contribution is 5.86. The van der Waals surface area contributed by atoms with Gasteiger partial charge in [-0.1, -0.05) is 48.6 Å². The Hall–Kier alpha value is -4.06. The molecule has 30 heavy (non-hydrogen) atoms. The summed E-state index contributed by atoms with van der Waals surface area (Å²) in [6, 6.07) is 13.2. The fourth-order valence-corrected chi connectivity index (χ4v) is 4.04. The molecule has 148 valence electrons. The zero-order valence-electron chi connectivity index (χ0n) is 15.6. The van der Waals surface area contributed by atoms with Crippen LogP contribution in [-0.2, 0) is 0 Å². The fraction of sp³-hybridized carbons (Fsp3) is 0.0833. The van der Waals surface area contributed by atoms with Gasteiger partial charge in [0.15, 0.2) is 0 Å². The van der Waals surface area contributed by atoms with Gasteiger partial charge in [-0.25, -0.2) is 9.59 Å². The molecule has 2 N–H and O–H groups in total. The van der Waals surface area contributed by atoms with Crippen molar-refractivity contribution in [3.05, 3.63) is 105 Å². The Morgan fingerprint density at radius 2 is 1.13 bits per heavy atom. The summed E-state index contributed by atoms with van der Waals surface area (Å²) >= 11 is 0. The van der Waals surface area contributed by atoms with Gasteiger partial charge in [-0.3, -0.25) is 0 Å². The Kier molecular flexibility index (Phi) is 4.06. The number of hydrogen-bond donors (Lipinski definition) is 2. The van der Waals surface area contributed by atoms with E-state index in [1.807, 2.05) is 0 Å². The number of allylic oxidation sites excluding steroid dienone is 4. The quantitative estimate of drug-likeness (QED) is 0.500. The summed E-state index contributed by atoms with van der Waals surface area (Å²) in [6.45, 7) is 0. The maximum atomic E-state index is 12.9. The van der Waals surface area contributed by atoms with Gasteiger partial charge in [0, 0.05) is 11.8 Å². The second-order valence-corrected chi connectivity index (χ2v) is 7.12. The van der Waals surface area contributed by atoms with Gasteiger partial charge in [0.1, 0.15) is 22.7 Å². The Morgan fingerprint density at radius 1 is 0.700 bits per heavy atom. The van der Waals surface area contributed by atoms with Crippen molar-refractivity contribution < 1.29 is 19.0 Å². The van der Waals surface area contributed by atoms with E-state index in [0.717, 1.165) is 0 Å². The number of aromatic hydroxyl groups is 2. The fourth-order valence-electron chi connectivity index (χ4n) is 4.04. The van der Waals surface area contributed by atoms with Gasteiger partial charge in [-0.2, -0.15) is 0 Å². The van der Waals surface area contributed by atoms with Crippen LogP contribution in [0.1, 0.15) is 17.0 Å². The lowest BCUT2D eigenvalue weighted by atomic mass is 9.81. The van der Waals surface area contributed by atoms with Gasteiger partial charge in [0.2, 0.25) is 0 Å². The number of fused-ring (bicyclic) bond motifs is 2. The van der Waals surface area contributed by atoms with E-state index in [9.17, 15) is 19.8 Å². The van der Waals surface area contributed by atoms with Crippen LogP contribution in [0.4, 0.5) is 0 Å². The molecule has 2 aromatic heterocycles. The molecule has 1 aliphatic carbocycles. The normalized spacial score (nSPS) is 13.8. The summed E-state index contributed by atoms with van der Waals surface area (Å²) in [7, 11) is 0. The molecule has 1 aliphatic rings. The third-order valence-corrected chi connectivity index (χ3v) is 5.42. The molecule has 0 saturated heterocycles. The third kappa shape index (κ3) is 2.65. The Bertz CT molecular complexity index is 1360.